The van der Waals surface area contributed by atoms with Crippen LogP contribution in [0.25, 0.3) is 11.0 Å². The number of rotatable bonds is 4. The lowest BCUT2D eigenvalue weighted by Gasteiger charge is -2.14. The molecule has 6 nitrogen and oxygen atoms in total. The lowest BCUT2D eigenvalue weighted by atomic mass is 10.2. The summed E-state index contributed by atoms with van der Waals surface area (Å²) < 4.78 is 10.2. The van der Waals surface area contributed by atoms with Gasteiger partial charge in [-0.1, -0.05) is 41.4 Å². The molecule has 8 heteroatoms. The van der Waals surface area contributed by atoms with Gasteiger partial charge in [-0.3, -0.25) is 4.79 Å². The lowest BCUT2D eigenvalue weighted by Crippen LogP contribution is -2.31. The van der Waals surface area contributed by atoms with Gasteiger partial charge in [0.05, 0.1) is 10.7 Å². The number of benzene rings is 2. The van der Waals surface area contributed by atoms with Gasteiger partial charge in [-0.15, -0.1) is 0 Å². The van der Waals surface area contributed by atoms with Crippen LogP contribution in [0.5, 0.6) is 0 Å². The summed E-state index contributed by atoms with van der Waals surface area (Å²) in [5.41, 5.74) is -0.466. The molecule has 1 heterocycles. The minimum absolute atomic E-state index is 0.240. The van der Waals surface area contributed by atoms with Crippen molar-refractivity contribution in [1.29, 1.82) is 0 Å². The Morgan fingerprint density at radius 2 is 1.85 bits per heavy atom. The van der Waals surface area contributed by atoms with E-state index >= 15 is 0 Å². The third kappa shape index (κ3) is 4.30. The number of nitrogens with one attached hydrogen (secondary N) is 1. The van der Waals surface area contributed by atoms with E-state index in [1.54, 1.807) is 30.3 Å². The smallest absolute Gasteiger partial charge is 0.351 e. The summed E-state index contributed by atoms with van der Waals surface area (Å²) in [4.78, 5) is 36.5. The van der Waals surface area contributed by atoms with Crippen molar-refractivity contribution in [3.05, 3.63) is 74.6 Å². The highest BCUT2D eigenvalue weighted by molar-refractivity contribution is 6.36. The molecular weight excluding hydrogens is 393 g/mol. The number of carbonyl (C=O) groups is 2. The fourth-order valence-electron chi connectivity index (χ4n) is 2.31. The Morgan fingerprint density at radius 1 is 1.11 bits per heavy atom. The number of halogens is 2. The van der Waals surface area contributed by atoms with Crippen LogP contribution in [0.15, 0.2) is 57.7 Å². The van der Waals surface area contributed by atoms with E-state index in [1.807, 2.05) is 0 Å². The molecule has 1 aromatic heterocycles. The van der Waals surface area contributed by atoms with Crippen LogP contribution in [0.4, 0.5) is 5.69 Å². The fourth-order valence-corrected chi connectivity index (χ4v) is 2.76. The molecule has 0 aliphatic heterocycles. The van der Waals surface area contributed by atoms with E-state index in [2.05, 4.69) is 5.32 Å². The van der Waals surface area contributed by atoms with Crippen molar-refractivity contribution in [1.82, 2.24) is 0 Å². The zero-order valence-corrected chi connectivity index (χ0v) is 15.5. The molecule has 0 unspecified atom stereocenters. The number of para-hydroxylation sites is 1. The number of amides is 1. The van der Waals surface area contributed by atoms with Crippen molar-refractivity contribution >= 4 is 51.7 Å². The maximum Gasteiger partial charge on any atom is 0.351 e. The van der Waals surface area contributed by atoms with Gasteiger partial charge in [0.15, 0.2) is 6.10 Å². The Labute approximate surface area is 163 Å². The normalized spacial score (nSPS) is 11.8. The summed E-state index contributed by atoms with van der Waals surface area (Å²) in [5, 5.41) is 3.75. The van der Waals surface area contributed by atoms with Crippen LogP contribution >= 0.6 is 23.2 Å². The number of hydrogen-bond donors (Lipinski definition) is 1. The zero-order valence-electron chi connectivity index (χ0n) is 14.0. The van der Waals surface area contributed by atoms with Crippen molar-refractivity contribution < 1.29 is 18.7 Å². The maximum absolute atomic E-state index is 12.3. The monoisotopic (exact) mass is 405 g/mol. The van der Waals surface area contributed by atoms with Crippen molar-refractivity contribution in [2.75, 3.05) is 5.32 Å². The second-order valence-corrected chi connectivity index (χ2v) is 6.49. The molecule has 0 aliphatic rings. The number of esters is 1. The second-order valence-electron chi connectivity index (χ2n) is 5.65. The van der Waals surface area contributed by atoms with Gasteiger partial charge in [-0.05, 0) is 37.3 Å². The van der Waals surface area contributed by atoms with E-state index < -0.39 is 23.6 Å². The van der Waals surface area contributed by atoms with E-state index in [-0.39, 0.29) is 10.6 Å². The SMILES string of the molecule is C[C@@H](OC(=O)c1cc2ccccc2oc1=O)C(=O)Nc1ccc(Cl)cc1Cl. The Balaban J connectivity index is 1.74. The molecule has 0 spiro atoms. The summed E-state index contributed by atoms with van der Waals surface area (Å²) in [6.45, 7) is 1.37. The molecule has 1 amide bonds. The van der Waals surface area contributed by atoms with E-state index in [1.165, 1.54) is 25.1 Å². The van der Waals surface area contributed by atoms with E-state index in [0.29, 0.717) is 21.7 Å². The number of carbonyl (C=O) groups excluding carboxylic acids is 2. The summed E-state index contributed by atoms with van der Waals surface area (Å²) in [5.74, 6) is -1.57. The van der Waals surface area contributed by atoms with Crippen LogP contribution in [0.1, 0.15) is 17.3 Å². The van der Waals surface area contributed by atoms with E-state index in [0.717, 1.165) is 0 Å². The summed E-state index contributed by atoms with van der Waals surface area (Å²) in [6.07, 6.45) is -1.17. The van der Waals surface area contributed by atoms with Crippen LogP contribution in [0.2, 0.25) is 10.0 Å². The first-order valence-corrected chi connectivity index (χ1v) is 8.60. The molecule has 2 aromatic carbocycles. The lowest BCUT2D eigenvalue weighted by molar-refractivity contribution is -0.123. The topological polar surface area (TPSA) is 85.6 Å². The highest BCUT2D eigenvalue weighted by Crippen LogP contribution is 2.25. The van der Waals surface area contributed by atoms with Crippen molar-refractivity contribution in [3.8, 4) is 0 Å². The minimum Gasteiger partial charge on any atom is -0.449 e. The summed E-state index contributed by atoms with van der Waals surface area (Å²) >= 11 is 11.8. The predicted octanol–water partition coefficient (Wildman–Crippen LogP) is 4.28. The largest absolute Gasteiger partial charge is 0.449 e. The third-order valence-electron chi connectivity index (χ3n) is 3.70. The molecular formula is C19H13Cl2NO5. The molecule has 1 atom stereocenters. The number of hydrogen-bond acceptors (Lipinski definition) is 5. The highest BCUT2D eigenvalue weighted by atomic mass is 35.5. The number of ether oxygens (including phenoxy) is 1. The van der Waals surface area contributed by atoms with Crippen LogP contribution in [0.3, 0.4) is 0 Å². The minimum atomic E-state index is -1.17. The molecule has 0 bridgehead atoms. The molecule has 1 N–H and O–H groups in total. The third-order valence-corrected chi connectivity index (χ3v) is 4.25. The first kappa shape index (κ1) is 18.9. The van der Waals surface area contributed by atoms with Gasteiger partial charge in [0.25, 0.3) is 5.91 Å². The average Bonchev–Trinajstić information content (AvgIpc) is 2.63. The molecule has 3 aromatic rings. The van der Waals surface area contributed by atoms with Crippen LogP contribution in [-0.2, 0) is 9.53 Å². The van der Waals surface area contributed by atoms with Gasteiger partial charge in [0.2, 0.25) is 0 Å². The summed E-state index contributed by atoms with van der Waals surface area (Å²) in [7, 11) is 0. The van der Waals surface area contributed by atoms with Crippen LogP contribution in [0, 0.1) is 0 Å². The molecule has 0 fully saturated rings. The summed E-state index contributed by atoms with van der Waals surface area (Å²) in [6, 6.07) is 12.7. The zero-order chi connectivity index (χ0) is 19.6. The quantitative estimate of drug-likeness (QED) is 0.516. The molecule has 27 heavy (non-hydrogen) atoms. The van der Waals surface area contributed by atoms with E-state index in [9.17, 15) is 14.4 Å². The Morgan fingerprint density at radius 3 is 2.59 bits per heavy atom. The van der Waals surface area contributed by atoms with Gasteiger partial charge in [-0.25, -0.2) is 9.59 Å². The molecule has 3 rings (SSSR count). The Hall–Kier alpha value is -2.83. The van der Waals surface area contributed by atoms with Crippen LogP contribution < -0.4 is 10.9 Å². The Kier molecular flexibility index (Phi) is 5.48. The number of anilines is 1. The highest BCUT2D eigenvalue weighted by Gasteiger charge is 2.22. The molecule has 0 radical (unpaired) electrons. The first-order valence-electron chi connectivity index (χ1n) is 7.85. The molecule has 138 valence electrons. The predicted molar refractivity (Wildman–Crippen MR) is 102 cm³/mol. The van der Waals surface area contributed by atoms with Crippen molar-refractivity contribution in [3.63, 3.8) is 0 Å². The van der Waals surface area contributed by atoms with Gasteiger partial charge in [-0.2, -0.15) is 0 Å². The van der Waals surface area contributed by atoms with E-state index in [4.69, 9.17) is 32.4 Å². The van der Waals surface area contributed by atoms with Crippen molar-refractivity contribution in [2.45, 2.75) is 13.0 Å². The first-order chi connectivity index (χ1) is 12.8. The van der Waals surface area contributed by atoms with Gasteiger partial charge in [0, 0.05) is 10.4 Å². The average molecular weight is 406 g/mol. The standard InChI is InChI=1S/C19H13Cl2NO5/c1-10(17(23)22-15-7-6-12(20)9-14(15)21)26-18(24)13-8-11-4-2-3-5-16(11)27-19(13)25/h2-10H,1H3,(H,22,23)/t10-/m1/s1. The van der Waals surface area contributed by atoms with Crippen LogP contribution in [-0.4, -0.2) is 18.0 Å². The van der Waals surface area contributed by atoms with Gasteiger partial charge in [0.1, 0.15) is 11.1 Å². The maximum atomic E-state index is 12.3. The number of fused-ring (bicyclic) bond motifs is 1. The fraction of sp³-hybridized carbons (Fsp3) is 0.105. The van der Waals surface area contributed by atoms with Gasteiger partial charge < -0.3 is 14.5 Å². The van der Waals surface area contributed by atoms with Crippen molar-refractivity contribution in [2.24, 2.45) is 0 Å². The second kappa shape index (κ2) is 7.82. The molecule has 0 saturated carbocycles. The Bertz CT molecular complexity index is 1090. The molecule has 0 saturated heterocycles. The van der Waals surface area contributed by atoms with Gasteiger partial charge >= 0.3 is 11.6 Å². The molecule has 0 aliphatic carbocycles.